The molecule has 4 nitrogen and oxygen atoms in total. The molecule has 5 N–H and O–H groups in total. The molecule has 0 fully saturated rings. The highest BCUT2D eigenvalue weighted by Gasteiger charge is 2.08. The first-order valence-corrected chi connectivity index (χ1v) is 6.54. The molecule has 2 aromatic rings. The summed E-state index contributed by atoms with van der Waals surface area (Å²) in [4.78, 5) is 12.0. The number of halogens is 1. The Balaban J connectivity index is 2.08. The van der Waals surface area contributed by atoms with Gasteiger partial charge >= 0.3 is 0 Å². The van der Waals surface area contributed by atoms with Gasteiger partial charge in [0.1, 0.15) is 0 Å². The van der Waals surface area contributed by atoms with Crippen LogP contribution in [0.3, 0.4) is 0 Å². The van der Waals surface area contributed by atoms with Crippen molar-refractivity contribution in [2.45, 2.75) is 6.42 Å². The van der Waals surface area contributed by atoms with Crippen LogP contribution < -0.4 is 16.8 Å². The average Bonchev–Trinajstić information content (AvgIpc) is 2.36. The number of nitrogens with two attached hydrogens (primary N) is 2. The number of nitrogens with one attached hydrogen (secondary N) is 1. The predicted octanol–water partition coefficient (Wildman–Crippen LogP) is 2.79. The van der Waals surface area contributed by atoms with Crippen LogP contribution in [-0.4, -0.2) is 5.91 Å². The van der Waals surface area contributed by atoms with Gasteiger partial charge in [0.2, 0.25) is 5.91 Å². The monoisotopic (exact) mass is 319 g/mol. The quantitative estimate of drug-likeness (QED) is 0.761. The van der Waals surface area contributed by atoms with Crippen LogP contribution in [0.1, 0.15) is 5.56 Å². The highest BCUT2D eigenvalue weighted by molar-refractivity contribution is 9.10. The smallest absolute Gasteiger partial charge is 0.228 e. The van der Waals surface area contributed by atoms with E-state index >= 15 is 0 Å². The Morgan fingerprint density at radius 1 is 1.16 bits per heavy atom. The summed E-state index contributed by atoms with van der Waals surface area (Å²) in [6.07, 6.45) is 0.216. The van der Waals surface area contributed by atoms with Gasteiger partial charge < -0.3 is 16.8 Å². The molecule has 0 bridgehead atoms. The largest absolute Gasteiger partial charge is 0.399 e. The molecule has 5 heteroatoms. The van der Waals surface area contributed by atoms with Crippen LogP contribution in [0, 0.1) is 0 Å². The predicted molar refractivity (Wildman–Crippen MR) is 81.7 cm³/mol. The highest BCUT2D eigenvalue weighted by atomic mass is 79.9. The fourth-order valence-electron chi connectivity index (χ4n) is 1.70. The lowest BCUT2D eigenvalue weighted by Gasteiger charge is -2.09. The molecule has 0 heterocycles. The van der Waals surface area contributed by atoms with Crippen molar-refractivity contribution in [2.24, 2.45) is 0 Å². The second-order valence-corrected chi connectivity index (χ2v) is 5.02. The van der Waals surface area contributed by atoms with Gasteiger partial charge in [-0.1, -0.05) is 18.2 Å². The van der Waals surface area contributed by atoms with Crippen molar-refractivity contribution in [3.05, 3.63) is 52.5 Å². The molecule has 0 aliphatic rings. The first-order chi connectivity index (χ1) is 9.06. The summed E-state index contributed by atoms with van der Waals surface area (Å²) < 4.78 is 0.841. The number of nitrogen functional groups attached to an aromatic ring is 2. The number of carbonyl (C=O) groups is 1. The number of rotatable bonds is 3. The summed E-state index contributed by atoms with van der Waals surface area (Å²) in [7, 11) is 0. The standard InChI is InChI=1S/C14H14BrN3O/c15-11-3-1-2-4-13(11)18-14(19)7-9-5-6-10(16)8-12(9)17/h1-6,8H,7,16-17H2,(H,18,19). The Bertz CT molecular complexity index is 613. The Morgan fingerprint density at radius 2 is 1.89 bits per heavy atom. The van der Waals surface area contributed by atoms with Crippen LogP contribution >= 0.6 is 15.9 Å². The number of benzene rings is 2. The van der Waals surface area contributed by atoms with Crippen molar-refractivity contribution in [3.63, 3.8) is 0 Å². The van der Waals surface area contributed by atoms with Crippen LogP contribution in [-0.2, 0) is 11.2 Å². The van der Waals surface area contributed by atoms with Gasteiger partial charge in [0.15, 0.2) is 0 Å². The molecule has 0 saturated heterocycles. The molecule has 2 rings (SSSR count). The molecule has 0 unspecified atom stereocenters. The average molecular weight is 320 g/mol. The van der Waals surface area contributed by atoms with Crippen molar-refractivity contribution in [1.82, 2.24) is 0 Å². The van der Waals surface area contributed by atoms with Gasteiger partial charge in [-0.15, -0.1) is 0 Å². The van der Waals surface area contributed by atoms with Crippen molar-refractivity contribution in [2.75, 3.05) is 16.8 Å². The van der Waals surface area contributed by atoms with Gasteiger partial charge in [-0.3, -0.25) is 4.79 Å². The van der Waals surface area contributed by atoms with Gasteiger partial charge in [-0.25, -0.2) is 0 Å². The molecule has 19 heavy (non-hydrogen) atoms. The van der Waals surface area contributed by atoms with Crippen LogP contribution in [0.15, 0.2) is 46.9 Å². The lowest BCUT2D eigenvalue weighted by atomic mass is 10.1. The van der Waals surface area contributed by atoms with E-state index in [1.165, 1.54) is 0 Å². The van der Waals surface area contributed by atoms with Crippen LogP contribution in [0.5, 0.6) is 0 Å². The van der Waals surface area contributed by atoms with E-state index in [4.69, 9.17) is 11.5 Å². The fourth-order valence-corrected chi connectivity index (χ4v) is 2.09. The van der Waals surface area contributed by atoms with Crippen molar-refractivity contribution in [3.8, 4) is 0 Å². The summed E-state index contributed by atoms with van der Waals surface area (Å²) in [6, 6.07) is 12.6. The maximum Gasteiger partial charge on any atom is 0.228 e. The number of hydrogen-bond donors (Lipinski definition) is 3. The molecule has 0 aliphatic heterocycles. The summed E-state index contributed by atoms with van der Waals surface area (Å²) in [5.74, 6) is -0.122. The zero-order valence-corrected chi connectivity index (χ0v) is 11.8. The number of para-hydroxylation sites is 1. The Hall–Kier alpha value is -2.01. The molecular formula is C14H14BrN3O. The molecule has 0 saturated carbocycles. The number of amides is 1. The normalized spacial score (nSPS) is 10.2. The molecule has 98 valence electrons. The molecule has 0 aliphatic carbocycles. The van der Waals surface area contributed by atoms with E-state index in [-0.39, 0.29) is 12.3 Å². The van der Waals surface area contributed by atoms with Crippen molar-refractivity contribution in [1.29, 1.82) is 0 Å². The molecule has 0 atom stereocenters. The zero-order valence-electron chi connectivity index (χ0n) is 10.2. The number of hydrogen-bond acceptors (Lipinski definition) is 3. The van der Waals surface area contributed by atoms with E-state index in [0.717, 1.165) is 15.7 Å². The fraction of sp³-hybridized carbons (Fsp3) is 0.0714. The summed E-state index contributed by atoms with van der Waals surface area (Å²) in [5.41, 5.74) is 14.1. The van der Waals surface area contributed by atoms with Gasteiger partial charge in [0.05, 0.1) is 12.1 Å². The third-order valence-corrected chi connectivity index (χ3v) is 3.36. The van der Waals surface area contributed by atoms with Crippen molar-refractivity contribution < 1.29 is 4.79 Å². The molecule has 0 spiro atoms. The Labute approximate surface area is 119 Å². The van der Waals surface area contributed by atoms with Crippen LogP contribution in [0.25, 0.3) is 0 Å². The van der Waals surface area contributed by atoms with E-state index in [0.29, 0.717) is 11.4 Å². The minimum absolute atomic E-state index is 0.122. The third kappa shape index (κ3) is 3.48. The zero-order chi connectivity index (χ0) is 13.8. The van der Waals surface area contributed by atoms with E-state index in [1.54, 1.807) is 18.2 Å². The van der Waals surface area contributed by atoms with E-state index in [9.17, 15) is 4.79 Å². The van der Waals surface area contributed by atoms with Gasteiger partial charge in [-0.2, -0.15) is 0 Å². The van der Waals surface area contributed by atoms with E-state index in [1.807, 2.05) is 24.3 Å². The molecule has 0 radical (unpaired) electrons. The second-order valence-electron chi connectivity index (χ2n) is 4.16. The van der Waals surface area contributed by atoms with Gasteiger partial charge in [0, 0.05) is 15.8 Å². The van der Waals surface area contributed by atoms with Crippen LogP contribution in [0.4, 0.5) is 17.1 Å². The minimum Gasteiger partial charge on any atom is -0.399 e. The Morgan fingerprint density at radius 3 is 2.58 bits per heavy atom. The number of carbonyl (C=O) groups excluding carboxylic acids is 1. The molecule has 2 aromatic carbocycles. The minimum atomic E-state index is -0.122. The summed E-state index contributed by atoms with van der Waals surface area (Å²) >= 11 is 3.38. The Kier molecular flexibility index (Phi) is 4.06. The molecule has 0 aromatic heterocycles. The summed E-state index contributed by atoms with van der Waals surface area (Å²) in [6.45, 7) is 0. The first kappa shape index (κ1) is 13.4. The SMILES string of the molecule is Nc1ccc(CC(=O)Nc2ccccc2Br)c(N)c1. The van der Waals surface area contributed by atoms with E-state index < -0.39 is 0 Å². The first-order valence-electron chi connectivity index (χ1n) is 5.74. The van der Waals surface area contributed by atoms with Gasteiger partial charge in [-0.05, 0) is 45.8 Å². The van der Waals surface area contributed by atoms with Crippen LogP contribution in [0.2, 0.25) is 0 Å². The molecular weight excluding hydrogens is 306 g/mol. The second kappa shape index (κ2) is 5.75. The lowest BCUT2D eigenvalue weighted by molar-refractivity contribution is -0.115. The van der Waals surface area contributed by atoms with E-state index in [2.05, 4.69) is 21.2 Å². The highest BCUT2D eigenvalue weighted by Crippen LogP contribution is 2.22. The molecule has 1 amide bonds. The maximum atomic E-state index is 12.0. The van der Waals surface area contributed by atoms with Crippen molar-refractivity contribution >= 4 is 38.9 Å². The summed E-state index contributed by atoms with van der Waals surface area (Å²) in [5, 5.41) is 2.83. The lowest BCUT2D eigenvalue weighted by Crippen LogP contribution is -2.15. The topological polar surface area (TPSA) is 81.1 Å². The third-order valence-electron chi connectivity index (χ3n) is 2.67. The van der Waals surface area contributed by atoms with Gasteiger partial charge in [0.25, 0.3) is 0 Å². The number of anilines is 3. The maximum absolute atomic E-state index is 12.0.